The Morgan fingerprint density at radius 1 is 0.600 bits per heavy atom. The largest absolute Gasteiger partial charge is 0.276 e. The molecule has 2 aromatic rings. The van der Waals surface area contributed by atoms with Crippen LogP contribution >= 0.6 is 27.4 Å². The Kier molecular flexibility index (Phi) is 9.52. The van der Waals surface area contributed by atoms with Crippen LogP contribution in [0.3, 0.4) is 0 Å². The van der Waals surface area contributed by atoms with Gasteiger partial charge in [-0.1, -0.05) is 129 Å². The van der Waals surface area contributed by atoms with E-state index in [-0.39, 0.29) is 36.5 Å². The van der Waals surface area contributed by atoms with E-state index in [1.54, 1.807) is 0 Å². The van der Waals surface area contributed by atoms with Gasteiger partial charge in [0.1, 0.15) is 0 Å². The normalized spacial score (nSPS) is 13.6. The summed E-state index contributed by atoms with van der Waals surface area (Å²) in [6.45, 7) is 28.9. The molecule has 0 atom stereocenters. The smallest absolute Gasteiger partial charge is 0.252 e. The van der Waals surface area contributed by atoms with E-state index in [1.165, 1.54) is 16.7 Å². The quantitative estimate of drug-likeness (QED) is 0.267. The number of hydrogen-bond acceptors (Lipinski definition) is 1. The average molecular weight is 533 g/mol. The zero-order valence-electron chi connectivity index (χ0n) is 24.1. The Morgan fingerprint density at radius 3 is 1.34 bits per heavy atom. The second kappa shape index (κ2) is 10.9. The molecule has 0 saturated heterocycles. The van der Waals surface area contributed by atoms with Gasteiger partial charge in [-0.2, -0.15) is 0 Å². The van der Waals surface area contributed by atoms with E-state index in [4.69, 9.17) is 11.6 Å². The third kappa shape index (κ3) is 8.38. The van der Waals surface area contributed by atoms with Gasteiger partial charge in [0, 0.05) is 5.56 Å². The molecule has 0 aromatic heterocycles. The monoisotopic (exact) mass is 532 g/mol. The molecule has 35 heavy (non-hydrogen) atoms. The Hall–Kier alpha value is -0.740. The van der Waals surface area contributed by atoms with Gasteiger partial charge in [-0.05, 0) is 78.9 Å². The van der Waals surface area contributed by atoms with Gasteiger partial charge in [0.2, 0.25) is 0 Å². The van der Waals surface area contributed by atoms with Crippen LogP contribution in [-0.4, -0.2) is 25.9 Å². The highest BCUT2D eigenvalue weighted by molar-refractivity contribution is 7.60. The van der Waals surface area contributed by atoms with E-state index in [0.29, 0.717) is 5.56 Å². The highest BCUT2D eigenvalue weighted by Crippen LogP contribution is 2.64. The third-order valence-electron chi connectivity index (χ3n) is 6.55. The lowest BCUT2D eigenvalue weighted by molar-refractivity contribution is 0.108. The van der Waals surface area contributed by atoms with Crippen LogP contribution in [0, 0.1) is 0 Å². The van der Waals surface area contributed by atoms with Crippen LogP contribution in [0.1, 0.15) is 105 Å². The predicted octanol–water partition coefficient (Wildman–Crippen LogP) is 10.9. The number of carbonyl (C=O) groups excluding carboxylic acids is 1. The maximum Gasteiger partial charge on any atom is 0.252 e. The Bertz CT molecular complexity index is 984. The minimum absolute atomic E-state index is 0.237. The van der Waals surface area contributed by atoms with E-state index in [2.05, 4.69) is 101 Å². The summed E-state index contributed by atoms with van der Waals surface area (Å²) in [5, 5.41) is 0.689. The summed E-state index contributed by atoms with van der Waals surface area (Å²) in [6.07, 6.45) is 2.27. The van der Waals surface area contributed by atoms with Gasteiger partial charge in [-0.3, -0.25) is 4.79 Å². The first-order valence-electron chi connectivity index (χ1n) is 12.7. The number of halogens is 1. The van der Waals surface area contributed by atoms with E-state index < -0.39 is 5.24 Å². The van der Waals surface area contributed by atoms with Crippen molar-refractivity contribution in [2.45, 2.75) is 116 Å². The zero-order chi connectivity index (χ0) is 27.0. The molecule has 0 radical (unpaired) electrons. The molecule has 1 nitrogen and oxygen atoms in total. The predicted molar refractivity (Wildman–Crippen MR) is 162 cm³/mol. The van der Waals surface area contributed by atoms with Gasteiger partial charge >= 0.3 is 0 Å². The molecule has 0 aliphatic heterocycles. The minimum atomic E-state index is -0.411. The minimum Gasteiger partial charge on any atom is -0.276 e. The fourth-order valence-corrected chi connectivity index (χ4v) is 12.5. The van der Waals surface area contributed by atoms with Crippen LogP contribution in [-0.2, 0) is 12.3 Å². The van der Waals surface area contributed by atoms with Gasteiger partial charge in [0.05, 0.1) is 0 Å². The third-order valence-corrected chi connectivity index (χ3v) is 14.6. The Balaban J connectivity index is 2.63. The van der Waals surface area contributed by atoms with Crippen molar-refractivity contribution in [3.63, 3.8) is 0 Å². The summed E-state index contributed by atoms with van der Waals surface area (Å²) in [5.74, 6) is 0. The molecule has 194 valence electrons. The van der Waals surface area contributed by atoms with E-state index in [9.17, 15) is 4.79 Å². The topological polar surface area (TPSA) is 17.1 Å². The van der Waals surface area contributed by atoms with Crippen molar-refractivity contribution in [2.75, 3.05) is 0 Å². The highest BCUT2D eigenvalue weighted by Gasteiger charge is 2.37. The van der Waals surface area contributed by atoms with E-state index in [0.717, 1.165) is 17.9 Å². The molecule has 0 amide bonds. The fraction of sp³-hybridized carbons (Fsp3) is 0.581. The van der Waals surface area contributed by atoms with Crippen molar-refractivity contribution in [1.82, 2.24) is 0 Å². The van der Waals surface area contributed by atoms with Crippen molar-refractivity contribution in [3.05, 3.63) is 59.2 Å². The number of benzene rings is 2. The Morgan fingerprint density at radius 2 is 0.971 bits per heavy atom. The van der Waals surface area contributed by atoms with Gasteiger partial charge in [0.25, 0.3) is 5.24 Å². The molecule has 0 saturated carbocycles. The molecule has 0 spiro atoms. The maximum atomic E-state index is 11.5. The molecule has 2 aromatic carbocycles. The molecule has 0 heterocycles. The molecule has 4 heteroatoms. The number of hydrogen-bond donors (Lipinski definition) is 0. The first-order valence-corrected chi connectivity index (χ1v) is 16.1. The second-order valence-electron chi connectivity index (χ2n) is 13.7. The average Bonchev–Trinajstić information content (AvgIpc) is 2.67. The summed E-state index contributed by atoms with van der Waals surface area (Å²) in [6, 6.07) is 14.8. The molecule has 0 fully saturated rings. The van der Waals surface area contributed by atoms with Crippen molar-refractivity contribution in [1.29, 1.82) is 0 Å². The lowest BCUT2D eigenvalue weighted by Crippen LogP contribution is -2.27. The SMILES string of the molecule is CC(C)(C)P(Cc1ccc(-c2ccc(C(=O)Cl)cc2)cc1CP(C(C)(C)C)C(C)(C)C)C(C)(C)C. The summed E-state index contributed by atoms with van der Waals surface area (Å²) in [7, 11) is -0.503. The summed E-state index contributed by atoms with van der Waals surface area (Å²) in [4.78, 5) is 11.5. The van der Waals surface area contributed by atoms with E-state index in [1.807, 2.05) is 24.3 Å². The zero-order valence-corrected chi connectivity index (χ0v) is 26.7. The first-order chi connectivity index (χ1) is 15.7. The standard InChI is InChI=1S/C31H47ClOP2/c1-28(2,3)34(29(4,5)6)20-25-18-17-24(22-13-15-23(16-14-22)27(32)33)19-26(25)21-35(30(7,8)9)31(10,11)12/h13-19H,20-21H2,1-12H3. The lowest BCUT2D eigenvalue weighted by atomic mass is 9.99. The van der Waals surface area contributed by atoms with Crippen molar-refractivity contribution in [2.24, 2.45) is 0 Å². The van der Waals surface area contributed by atoms with Crippen LogP contribution in [0.15, 0.2) is 42.5 Å². The van der Waals surface area contributed by atoms with Gasteiger partial charge in [-0.15, -0.1) is 0 Å². The lowest BCUT2D eigenvalue weighted by Gasteiger charge is -2.44. The van der Waals surface area contributed by atoms with Crippen LogP contribution < -0.4 is 0 Å². The molecule has 0 unspecified atom stereocenters. The summed E-state index contributed by atoms with van der Waals surface area (Å²) in [5.41, 5.74) is 5.89. The van der Waals surface area contributed by atoms with Crippen molar-refractivity contribution >= 4 is 32.7 Å². The second-order valence-corrected chi connectivity index (χ2v) is 21.7. The Labute approximate surface area is 223 Å². The van der Waals surface area contributed by atoms with Crippen LogP contribution in [0.4, 0.5) is 0 Å². The maximum absolute atomic E-state index is 11.5. The molecule has 2 rings (SSSR count). The van der Waals surface area contributed by atoms with E-state index >= 15 is 0 Å². The van der Waals surface area contributed by atoms with Crippen molar-refractivity contribution in [3.8, 4) is 11.1 Å². The van der Waals surface area contributed by atoms with Gasteiger partial charge in [0.15, 0.2) is 0 Å². The molecule has 0 aliphatic rings. The van der Waals surface area contributed by atoms with Crippen molar-refractivity contribution < 1.29 is 4.79 Å². The molecular formula is C31H47ClOP2. The molecule has 0 N–H and O–H groups in total. The number of rotatable bonds is 6. The van der Waals surface area contributed by atoms with Crippen LogP contribution in [0.25, 0.3) is 11.1 Å². The first kappa shape index (κ1) is 30.5. The van der Waals surface area contributed by atoms with Crippen LogP contribution in [0.5, 0.6) is 0 Å². The molecule has 0 aliphatic carbocycles. The molecular weight excluding hydrogens is 486 g/mol. The van der Waals surface area contributed by atoms with Crippen LogP contribution in [0.2, 0.25) is 0 Å². The van der Waals surface area contributed by atoms with Gasteiger partial charge in [-0.25, -0.2) is 0 Å². The van der Waals surface area contributed by atoms with Gasteiger partial charge < -0.3 is 0 Å². The summed E-state index contributed by atoms with van der Waals surface area (Å²) < 4.78 is 0. The fourth-order valence-electron chi connectivity index (χ4n) is 5.20. The highest BCUT2D eigenvalue weighted by atomic mass is 35.5. The summed E-state index contributed by atoms with van der Waals surface area (Å²) >= 11 is 5.68. The number of carbonyl (C=O) groups is 1. The molecule has 0 bridgehead atoms.